The van der Waals surface area contributed by atoms with Gasteiger partial charge in [0.25, 0.3) is 0 Å². The third-order valence-corrected chi connectivity index (χ3v) is 2.67. The normalized spacial score (nSPS) is 11.9. The largest absolute Gasteiger partial charge is 0.448 e. The van der Waals surface area contributed by atoms with Gasteiger partial charge in [-0.1, -0.05) is 46.5 Å². The standard InChI is InChI=1S/C12H21NO/c1-4-5-6-7-8-12(2,3)11-13-9-10-14-11/h9-10H,4-8H2,1-3H3. The van der Waals surface area contributed by atoms with Gasteiger partial charge >= 0.3 is 0 Å². The van der Waals surface area contributed by atoms with Crippen molar-refractivity contribution in [3.63, 3.8) is 0 Å². The molecule has 0 atom stereocenters. The summed E-state index contributed by atoms with van der Waals surface area (Å²) in [6.45, 7) is 6.63. The van der Waals surface area contributed by atoms with Crippen molar-refractivity contribution >= 4 is 0 Å². The molecule has 0 aromatic carbocycles. The second kappa shape index (κ2) is 5.18. The lowest BCUT2D eigenvalue weighted by atomic mass is 9.87. The topological polar surface area (TPSA) is 26.0 Å². The zero-order valence-electron chi connectivity index (χ0n) is 9.55. The quantitative estimate of drug-likeness (QED) is 0.643. The van der Waals surface area contributed by atoms with Crippen LogP contribution in [-0.2, 0) is 5.41 Å². The monoisotopic (exact) mass is 195 g/mol. The molecule has 2 heteroatoms. The van der Waals surface area contributed by atoms with E-state index < -0.39 is 0 Å². The summed E-state index contributed by atoms with van der Waals surface area (Å²) < 4.78 is 5.34. The van der Waals surface area contributed by atoms with Crippen LogP contribution in [0.25, 0.3) is 0 Å². The molecule has 0 aliphatic carbocycles. The molecule has 0 aliphatic heterocycles. The lowest BCUT2D eigenvalue weighted by Gasteiger charge is -2.20. The summed E-state index contributed by atoms with van der Waals surface area (Å²) in [4.78, 5) is 4.22. The van der Waals surface area contributed by atoms with E-state index in [1.807, 2.05) is 0 Å². The number of hydrogen-bond donors (Lipinski definition) is 0. The molecule has 0 radical (unpaired) electrons. The van der Waals surface area contributed by atoms with Crippen molar-refractivity contribution in [2.24, 2.45) is 0 Å². The molecule has 1 heterocycles. The minimum Gasteiger partial charge on any atom is -0.448 e. The van der Waals surface area contributed by atoms with E-state index in [0.717, 1.165) is 12.3 Å². The zero-order valence-corrected chi connectivity index (χ0v) is 9.55. The van der Waals surface area contributed by atoms with Gasteiger partial charge in [-0.2, -0.15) is 0 Å². The maximum Gasteiger partial charge on any atom is 0.199 e. The fourth-order valence-electron chi connectivity index (χ4n) is 1.66. The Hall–Kier alpha value is -0.790. The highest BCUT2D eigenvalue weighted by Gasteiger charge is 2.24. The first-order valence-electron chi connectivity index (χ1n) is 5.57. The summed E-state index contributed by atoms with van der Waals surface area (Å²) in [6, 6.07) is 0. The van der Waals surface area contributed by atoms with Crippen molar-refractivity contribution in [2.45, 2.75) is 58.3 Å². The second-order valence-electron chi connectivity index (χ2n) is 4.53. The Morgan fingerprint density at radius 3 is 2.64 bits per heavy atom. The van der Waals surface area contributed by atoms with Crippen molar-refractivity contribution in [2.75, 3.05) is 0 Å². The molecular weight excluding hydrogens is 174 g/mol. The smallest absolute Gasteiger partial charge is 0.199 e. The minimum absolute atomic E-state index is 0.0945. The SMILES string of the molecule is CCCCCCC(C)(C)c1ncco1. The van der Waals surface area contributed by atoms with Gasteiger partial charge in [0.2, 0.25) is 0 Å². The maximum atomic E-state index is 5.34. The number of rotatable bonds is 6. The van der Waals surface area contributed by atoms with Gasteiger partial charge in [-0.15, -0.1) is 0 Å². The van der Waals surface area contributed by atoms with E-state index in [1.54, 1.807) is 12.5 Å². The molecule has 80 valence electrons. The van der Waals surface area contributed by atoms with Crippen molar-refractivity contribution in [1.29, 1.82) is 0 Å². The maximum absolute atomic E-state index is 5.34. The predicted octanol–water partition coefficient (Wildman–Crippen LogP) is 3.92. The molecule has 0 bridgehead atoms. The number of hydrogen-bond acceptors (Lipinski definition) is 2. The average Bonchev–Trinajstić information content (AvgIpc) is 2.65. The van der Waals surface area contributed by atoms with Crippen LogP contribution in [0, 0.1) is 0 Å². The van der Waals surface area contributed by atoms with E-state index in [0.29, 0.717) is 0 Å². The van der Waals surface area contributed by atoms with E-state index >= 15 is 0 Å². The van der Waals surface area contributed by atoms with Crippen molar-refractivity contribution in [3.8, 4) is 0 Å². The number of oxazole rings is 1. The highest BCUT2D eigenvalue weighted by atomic mass is 16.3. The van der Waals surface area contributed by atoms with E-state index in [2.05, 4.69) is 25.8 Å². The Kier molecular flexibility index (Phi) is 4.18. The summed E-state index contributed by atoms with van der Waals surface area (Å²) in [5.41, 5.74) is 0.0945. The van der Waals surface area contributed by atoms with Crippen LogP contribution in [0.5, 0.6) is 0 Å². The summed E-state index contributed by atoms with van der Waals surface area (Å²) >= 11 is 0. The molecule has 2 nitrogen and oxygen atoms in total. The van der Waals surface area contributed by atoms with Gasteiger partial charge in [0.05, 0.1) is 6.20 Å². The van der Waals surface area contributed by atoms with Crippen LogP contribution in [0.3, 0.4) is 0 Å². The Bertz CT molecular complexity index is 239. The van der Waals surface area contributed by atoms with E-state index in [-0.39, 0.29) is 5.41 Å². The molecule has 0 spiro atoms. The lowest BCUT2D eigenvalue weighted by Crippen LogP contribution is -2.17. The Labute approximate surface area is 86.7 Å². The molecule has 0 saturated heterocycles. The first kappa shape index (κ1) is 11.3. The van der Waals surface area contributed by atoms with Gasteiger partial charge in [-0.25, -0.2) is 4.98 Å². The number of unbranched alkanes of at least 4 members (excludes halogenated alkanes) is 3. The van der Waals surface area contributed by atoms with Crippen molar-refractivity contribution in [1.82, 2.24) is 4.98 Å². The van der Waals surface area contributed by atoms with Crippen LogP contribution < -0.4 is 0 Å². The molecule has 0 amide bonds. The second-order valence-corrected chi connectivity index (χ2v) is 4.53. The molecule has 0 aliphatic rings. The van der Waals surface area contributed by atoms with E-state index in [4.69, 9.17) is 4.42 Å². The van der Waals surface area contributed by atoms with E-state index in [9.17, 15) is 0 Å². The van der Waals surface area contributed by atoms with Gasteiger partial charge in [0.1, 0.15) is 6.26 Å². The summed E-state index contributed by atoms with van der Waals surface area (Å²) in [5.74, 6) is 0.869. The number of nitrogens with zero attached hydrogens (tertiary/aromatic N) is 1. The van der Waals surface area contributed by atoms with Gasteiger partial charge < -0.3 is 4.42 Å². The van der Waals surface area contributed by atoms with E-state index in [1.165, 1.54) is 25.7 Å². The highest BCUT2D eigenvalue weighted by Crippen LogP contribution is 2.27. The third-order valence-electron chi connectivity index (χ3n) is 2.67. The fraction of sp³-hybridized carbons (Fsp3) is 0.750. The van der Waals surface area contributed by atoms with Crippen LogP contribution in [0.2, 0.25) is 0 Å². The molecule has 1 aromatic heterocycles. The van der Waals surface area contributed by atoms with Crippen LogP contribution >= 0.6 is 0 Å². The summed E-state index contributed by atoms with van der Waals surface area (Å²) in [6.07, 6.45) is 9.75. The third kappa shape index (κ3) is 3.17. The molecule has 0 saturated carbocycles. The molecule has 0 unspecified atom stereocenters. The van der Waals surface area contributed by atoms with Crippen LogP contribution in [0.4, 0.5) is 0 Å². The zero-order chi connectivity index (χ0) is 10.4. The summed E-state index contributed by atoms with van der Waals surface area (Å²) in [7, 11) is 0. The molecule has 14 heavy (non-hydrogen) atoms. The molecule has 0 fully saturated rings. The minimum atomic E-state index is 0.0945. The van der Waals surface area contributed by atoms with Crippen LogP contribution in [0.15, 0.2) is 16.9 Å². The van der Waals surface area contributed by atoms with Crippen molar-refractivity contribution in [3.05, 3.63) is 18.4 Å². The average molecular weight is 195 g/mol. The van der Waals surface area contributed by atoms with Gasteiger partial charge in [-0.05, 0) is 6.42 Å². The highest BCUT2D eigenvalue weighted by molar-refractivity contribution is 4.98. The van der Waals surface area contributed by atoms with Gasteiger partial charge in [-0.3, -0.25) is 0 Å². The van der Waals surface area contributed by atoms with Crippen LogP contribution in [0.1, 0.15) is 58.8 Å². The van der Waals surface area contributed by atoms with Gasteiger partial charge in [0.15, 0.2) is 5.89 Å². The molecule has 1 rings (SSSR count). The molecule has 0 N–H and O–H groups in total. The van der Waals surface area contributed by atoms with Crippen LogP contribution in [-0.4, -0.2) is 4.98 Å². The van der Waals surface area contributed by atoms with Crippen molar-refractivity contribution < 1.29 is 4.42 Å². The molecular formula is C12H21NO. The Balaban J connectivity index is 2.35. The predicted molar refractivity (Wildman–Crippen MR) is 58.3 cm³/mol. The fourth-order valence-corrected chi connectivity index (χ4v) is 1.66. The first-order valence-corrected chi connectivity index (χ1v) is 5.57. The first-order chi connectivity index (χ1) is 6.67. The molecule has 1 aromatic rings. The van der Waals surface area contributed by atoms with Gasteiger partial charge in [0, 0.05) is 5.41 Å². The summed E-state index contributed by atoms with van der Waals surface area (Å²) in [5, 5.41) is 0. The lowest BCUT2D eigenvalue weighted by molar-refractivity contribution is 0.338. The Morgan fingerprint density at radius 2 is 2.07 bits per heavy atom. The number of aromatic nitrogens is 1. The Morgan fingerprint density at radius 1 is 1.29 bits per heavy atom.